The van der Waals surface area contributed by atoms with Crippen molar-refractivity contribution < 1.29 is 4.79 Å². The lowest BCUT2D eigenvalue weighted by molar-refractivity contribution is 0.0719. The molecule has 2 fully saturated rings. The summed E-state index contributed by atoms with van der Waals surface area (Å²) in [6.45, 7) is 5.42. The van der Waals surface area contributed by atoms with Crippen LogP contribution >= 0.6 is 0 Å². The van der Waals surface area contributed by atoms with Gasteiger partial charge in [-0.25, -0.2) is 4.98 Å². The van der Waals surface area contributed by atoms with Crippen LogP contribution in [-0.2, 0) is 20.0 Å². The number of carbonyl (C=O) groups is 1. The van der Waals surface area contributed by atoms with E-state index in [1.165, 1.54) is 29.4 Å². The number of nitrogens with one attached hydrogen (secondary N) is 2. The summed E-state index contributed by atoms with van der Waals surface area (Å²) in [6.07, 6.45) is 3.51. The molecule has 3 aliphatic rings. The third-order valence-electron chi connectivity index (χ3n) is 8.02. The molecule has 1 saturated heterocycles. The van der Waals surface area contributed by atoms with E-state index in [1.807, 2.05) is 11.0 Å². The van der Waals surface area contributed by atoms with E-state index in [0.29, 0.717) is 6.04 Å². The fourth-order valence-corrected chi connectivity index (χ4v) is 5.88. The molecule has 7 rings (SSSR count). The summed E-state index contributed by atoms with van der Waals surface area (Å²) in [5.74, 6) is 1.88. The maximum absolute atomic E-state index is 13.4. The van der Waals surface area contributed by atoms with Gasteiger partial charge in [0.25, 0.3) is 5.91 Å². The molecule has 0 bridgehead atoms. The second-order valence-electron chi connectivity index (χ2n) is 10.5. The lowest BCUT2D eigenvalue weighted by atomic mass is 9.97. The molecule has 1 unspecified atom stereocenters. The molecule has 7 heteroatoms. The average Bonchev–Trinajstić information content (AvgIpc) is 3.56. The molecule has 0 spiro atoms. The highest BCUT2D eigenvalue weighted by Crippen LogP contribution is 2.37. The minimum atomic E-state index is 0.135. The zero-order valence-electron chi connectivity index (χ0n) is 20.3. The first-order valence-electron chi connectivity index (χ1n) is 13.0. The number of piperazine rings is 1. The molecule has 7 nitrogen and oxygen atoms in total. The van der Waals surface area contributed by atoms with E-state index < -0.39 is 0 Å². The monoisotopic (exact) mass is 468 g/mol. The quantitative estimate of drug-likeness (QED) is 0.472. The van der Waals surface area contributed by atoms with E-state index in [0.717, 1.165) is 79.6 Å². The highest BCUT2D eigenvalue weighted by Gasteiger charge is 2.29. The number of hydrogen-bond acceptors (Lipinski definition) is 4. The van der Waals surface area contributed by atoms with Crippen LogP contribution in [0.1, 0.15) is 28.8 Å². The van der Waals surface area contributed by atoms with Crippen LogP contribution in [-0.4, -0.2) is 63.7 Å². The van der Waals surface area contributed by atoms with E-state index in [4.69, 9.17) is 4.98 Å². The molecule has 4 heterocycles. The molecule has 180 valence electrons. The fourth-order valence-electron chi connectivity index (χ4n) is 5.88. The molecule has 35 heavy (non-hydrogen) atoms. The molecule has 0 radical (unpaired) electrons. The summed E-state index contributed by atoms with van der Waals surface area (Å²) in [5.41, 5.74) is 6.40. The Bertz CT molecular complexity index is 1440. The van der Waals surface area contributed by atoms with Crippen molar-refractivity contribution in [1.82, 2.24) is 29.7 Å². The number of rotatable bonds is 5. The van der Waals surface area contributed by atoms with E-state index in [-0.39, 0.29) is 5.91 Å². The Morgan fingerprint density at radius 1 is 1.06 bits per heavy atom. The molecule has 1 amide bonds. The number of aromatic nitrogens is 3. The predicted octanol–water partition coefficient (Wildman–Crippen LogP) is 3.16. The SMILES string of the molecule is Cn1c(-c2cc3ccccc3n2CC2CC2)nc2cc3c(cc21)CCN(CC1CNCCN1)C3=O. The van der Waals surface area contributed by atoms with Gasteiger partial charge < -0.3 is 24.7 Å². The largest absolute Gasteiger partial charge is 0.338 e. The molecule has 1 aliphatic carbocycles. The van der Waals surface area contributed by atoms with Crippen molar-refractivity contribution >= 4 is 27.8 Å². The van der Waals surface area contributed by atoms with Gasteiger partial charge in [-0.15, -0.1) is 0 Å². The Hall–Kier alpha value is -3.16. The molecule has 1 saturated carbocycles. The van der Waals surface area contributed by atoms with Crippen LogP contribution in [0.4, 0.5) is 0 Å². The third kappa shape index (κ3) is 3.65. The zero-order valence-corrected chi connectivity index (χ0v) is 20.3. The van der Waals surface area contributed by atoms with Gasteiger partial charge in [0.2, 0.25) is 0 Å². The second-order valence-corrected chi connectivity index (χ2v) is 10.5. The molecule has 2 aromatic heterocycles. The summed E-state index contributed by atoms with van der Waals surface area (Å²) >= 11 is 0. The standard InChI is InChI=1S/C28H32N6O/c1-32-25-12-19-8-11-33(17-21-15-29-9-10-30-21)28(35)22(19)14-23(25)31-27(32)26-13-20-4-2-3-5-24(20)34(26)16-18-6-7-18/h2-5,12-14,18,21,29-30H,6-11,15-17H2,1H3. The first-order valence-corrected chi connectivity index (χ1v) is 13.0. The van der Waals surface area contributed by atoms with Crippen molar-refractivity contribution in [1.29, 1.82) is 0 Å². The van der Waals surface area contributed by atoms with E-state index in [9.17, 15) is 4.79 Å². The Balaban J connectivity index is 1.27. The van der Waals surface area contributed by atoms with Crippen LogP contribution in [0.5, 0.6) is 0 Å². The molecular weight excluding hydrogens is 436 g/mol. The Labute approximate surface area is 205 Å². The van der Waals surface area contributed by atoms with Crippen molar-refractivity contribution in [2.45, 2.75) is 31.8 Å². The van der Waals surface area contributed by atoms with Crippen molar-refractivity contribution in [3.63, 3.8) is 0 Å². The number of para-hydroxylation sites is 1. The Morgan fingerprint density at radius 2 is 1.94 bits per heavy atom. The number of imidazole rings is 1. The van der Waals surface area contributed by atoms with Crippen molar-refractivity contribution in [3.8, 4) is 11.5 Å². The average molecular weight is 469 g/mol. The number of fused-ring (bicyclic) bond motifs is 3. The number of carbonyl (C=O) groups excluding carboxylic acids is 1. The van der Waals surface area contributed by atoms with Crippen LogP contribution in [0.3, 0.4) is 0 Å². The van der Waals surface area contributed by atoms with E-state index in [2.05, 4.69) is 63.2 Å². The summed E-state index contributed by atoms with van der Waals surface area (Å²) in [4.78, 5) is 20.5. The van der Waals surface area contributed by atoms with Crippen LogP contribution < -0.4 is 10.6 Å². The Morgan fingerprint density at radius 3 is 2.77 bits per heavy atom. The van der Waals surface area contributed by atoms with Gasteiger partial charge in [0.05, 0.1) is 16.7 Å². The first-order chi connectivity index (χ1) is 17.2. The molecule has 1 atom stereocenters. The summed E-state index contributed by atoms with van der Waals surface area (Å²) in [5, 5.41) is 8.21. The molecule has 2 N–H and O–H groups in total. The summed E-state index contributed by atoms with van der Waals surface area (Å²) in [6, 6.07) is 15.4. The number of benzene rings is 2. The second kappa shape index (κ2) is 8.21. The zero-order chi connectivity index (χ0) is 23.5. The van der Waals surface area contributed by atoms with Crippen LogP contribution in [0.15, 0.2) is 42.5 Å². The number of amides is 1. The smallest absolute Gasteiger partial charge is 0.254 e. The van der Waals surface area contributed by atoms with Crippen LogP contribution in [0, 0.1) is 5.92 Å². The first kappa shape index (κ1) is 21.1. The maximum Gasteiger partial charge on any atom is 0.254 e. The lowest BCUT2D eigenvalue weighted by Gasteiger charge is -2.34. The van der Waals surface area contributed by atoms with Gasteiger partial charge in [-0.3, -0.25) is 4.79 Å². The van der Waals surface area contributed by atoms with Gasteiger partial charge in [-0.1, -0.05) is 18.2 Å². The maximum atomic E-state index is 13.4. The van der Waals surface area contributed by atoms with Crippen molar-refractivity contribution in [3.05, 3.63) is 53.6 Å². The summed E-state index contributed by atoms with van der Waals surface area (Å²) < 4.78 is 4.66. The van der Waals surface area contributed by atoms with Gasteiger partial charge in [0.15, 0.2) is 5.82 Å². The number of aryl methyl sites for hydroxylation is 1. The molecule has 4 aromatic rings. The molecule has 2 aliphatic heterocycles. The van der Waals surface area contributed by atoms with Gasteiger partial charge in [-0.2, -0.15) is 0 Å². The highest BCUT2D eigenvalue weighted by molar-refractivity contribution is 6.00. The lowest BCUT2D eigenvalue weighted by Crippen LogP contribution is -2.55. The third-order valence-corrected chi connectivity index (χ3v) is 8.02. The van der Waals surface area contributed by atoms with Crippen LogP contribution in [0.2, 0.25) is 0 Å². The normalized spacial score (nSPS) is 20.7. The minimum absolute atomic E-state index is 0.135. The number of nitrogens with zero attached hydrogens (tertiary/aromatic N) is 4. The highest BCUT2D eigenvalue weighted by atomic mass is 16.2. The van der Waals surface area contributed by atoms with Gasteiger partial charge in [0, 0.05) is 68.8 Å². The Kier molecular flexibility index (Phi) is 4.96. The van der Waals surface area contributed by atoms with Crippen molar-refractivity contribution in [2.24, 2.45) is 13.0 Å². The summed E-state index contributed by atoms with van der Waals surface area (Å²) in [7, 11) is 2.11. The molecule has 2 aromatic carbocycles. The molecular formula is C28H32N6O. The van der Waals surface area contributed by atoms with Crippen molar-refractivity contribution in [2.75, 3.05) is 32.7 Å². The van der Waals surface area contributed by atoms with Gasteiger partial charge >= 0.3 is 0 Å². The number of hydrogen-bond donors (Lipinski definition) is 2. The predicted molar refractivity (Wildman–Crippen MR) is 139 cm³/mol. The fraction of sp³-hybridized carbons (Fsp3) is 0.429. The minimum Gasteiger partial charge on any atom is -0.338 e. The topological polar surface area (TPSA) is 67.1 Å². The van der Waals surface area contributed by atoms with Crippen LogP contribution in [0.25, 0.3) is 33.5 Å². The van der Waals surface area contributed by atoms with E-state index in [1.54, 1.807) is 0 Å². The van der Waals surface area contributed by atoms with E-state index >= 15 is 0 Å². The van der Waals surface area contributed by atoms with Gasteiger partial charge in [0.1, 0.15) is 0 Å². The van der Waals surface area contributed by atoms with Gasteiger partial charge in [-0.05, 0) is 55.0 Å².